The van der Waals surface area contributed by atoms with Gasteiger partial charge in [-0.05, 0) is 18.9 Å². The Hall–Kier alpha value is -3.63. The maximum absolute atomic E-state index is 12.4. The van der Waals surface area contributed by atoms with Gasteiger partial charge in [-0.25, -0.2) is 0 Å². The second-order valence-corrected chi connectivity index (χ2v) is 6.39. The summed E-state index contributed by atoms with van der Waals surface area (Å²) in [7, 11) is 0. The van der Waals surface area contributed by atoms with Crippen molar-refractivity contribution in [3.05, 3.63) is 39.4 Å². The number of benzene rings is 1. The molecule has 1 unspecified atom stereocenters. The first-order valence-corrected chi connectivity index (χ1v) is 8.56. The van der Waals surface area contributed by atoms with Crippen molar-refractivity contribution in [2.24, 2.45) is 0 Å². The average molecular weight is 388 g/mol. The van der Waals surface area contributed by atoms with Gasteiger partial charge < -0.3 is 5.32 Å². The number of piperidine rings is 1. The second kappa shape index (κ2) is 7.55. The molecule has 3 rings (SSSR count). The fourth-order valence-electron chi connectivity index (χ4n) is 3.17. The van der Waals surface area contributed by atoms with Crippen LogP contribution in [0.15, 0.2) is 18.2 Å². The fourth-order valence-corrected chi connectivity index (χ4v) is 3.17. The van der Waals surface area contributed by atoms with E-state index in [0.29, 0.717) is 0 Å². The number of fused-ring (bicyclic) bond motifs is 1. The first kappa shape index (κ1) is 19.1. The van der Waals surface area contributed by atoms with Gasteiger partial charge in [0, 0.05) is 25.5 Å². The summed E-state index contributed by atoms with van der Waals surface area (Å²) in [5.74, 6) is -2.84. The zero-order valence-electron chi connectivity index (χ0n) is 14.6. The van der Waals surface area contributed by atoms with Crippen molar-refractivity contribution >= 4 is 35.2 Å². The number of nitro benzene ring substituents is 1. The van der Waals surface area contributed by atoms with Crippen molar-refractivity contribution < 1.29 is 28.9 Å². The van der Waals surface area contributed by atoms with Gasteiger partial charge in [-0.2, -0.15) is 0 Å². The number of amides is 5. The van der Waals surface area contributed by atoms with Crippen LogP contribution < -0.4 is 10.6 Å². The molecule has 2 heterocycles. The number of rotatable bonds is 6. The van der Waals surface area contributed by atoms with Gasteiger partial charge in [0.15, 0.2) is 0 Å². The van der Waals surface area contributed by atoms with Crippen LogP contribution in [0.3, 0.4) is 0 Å². The van der Waals surface area contributed by atoms with Crippen molar-refractivity contribution in [2.75, 3.05) is 6.54 Å². The lowest BCUT2D eigenvalue weighted by Crippen LogP contribution is -2.52. The molecule has 2 aliphatic heterocycles. The predicted molar refractivity (Wildman–Crippen MR) is 92.0 cm³/mol. The molecule has 146 valence electrons. The maximum atomic E-state index is 12.4. The van der Waals surface area contributed by atoms with E-state index in [9.17, 15) is 34.1 Å². The zero-order valence-corrected chi connectivity index (χ0v) is 14.6. The van der Waals surface area contributed by atoms with Crippen LogP contribution >= 0.6 is 0 Å². The molecule has 2 N–H and O–H groups in total. The quantitative estimate of drug-likeness (QED) is 0.391. The minimum Gasteiger partial charge on any atom is -0.344 e. The molecule has 1 aromatic carbocycles. The van der Waals surface area contributed by atoms with E-state index < -0.39 is 46.2 Å². The first-order chi connectivity index (χ1) is 13.3. The second-order valence-electron chi connectivity index (χ2n) is 6.39. The molecule has 1 atom stereocenters. The molecule has 11 nitrogen and oxygen atoms in total. The van der Waals surface area contributed by atoms with Gasteiger partial charge in [0.05, 0.1) is 10.5 Å². The molecule has 0 saturated carbocycles. The van der Waals surface area contributed by atoms with Crippen LogP contribution in [-0.2, 0) is 14.4 Å². The van der Waals surface area contributed by atoms with Gasteiger partial charge in [-0.3, -0.25) is 44.3 Å². The summed E-state index contributed by atoms with van der Waals surface area (Å²) >= 11 is 0. The van der Waals surface area contributed by atoms with Gasteiger partial charge in [-0.1, -0.05) is 6.07 Å². The molecule has 1 saturated heterocycles. The Labute approximate surface area is 158 Å². The molecule has 2 aliphatic rings. The topological polar surface area (TPSA) is 156 Å². The van der Waals surface area contributed by atoms with E-state index in [-0.39, 0.29) is 43.4 Å². The third kappa shape index (κ3) is 3.59. The van der Waals surface area contributed by atoms with Gasteiger partial charge in [0.2, 0.25) is 17.7 Å². The van der Waals surface area contributed by atoms with E-state index in [1.165, 1.54) is 12.1 Å². The molecule has 0 spiro atoms. The summed E-state index contributed by atoms with van der Waals surface area (Å²) in [4.78, 5) is 70.7. The van der Waals surface area contributed by atoms with E-state index in [1.54, 1.807) is 0 Å². The summed E-state index contributed by atoms with van der Waals surface area (Å²) in [5, 5.41) is 15.7. The molecular weight excluding hydrogens is 372 g/mol. The number of imide groups is 2. The minimum atomic E-state index is -0.799. The number of carbonyl (C=O) groups is 5. The highest BCUT2D eigenvalue weighted by Gasteiger charge is 2.40. The highest BCUT2D eigenvalue weighted by atomic mass is 16.6. The van der Waals surface area contributed by atoms with Crippen LogP contribution in [0.2, 0.25) is 0 Å². The third-order valence-corrected chi connectivity index (χ3v) is 4.53. The lowest BCUT2D eigenvalue weighted by Gasteiger charge is -2.22. The number of nitrogens with one attached hydrogen (secondary N) is 2. The SMILES string of the molecule is O=C1CCC(NC(=O)CCCN2C(=O)c3cccc([N+](=O)[O-])c3C2=O)C(=O)N1. The van der Waals surface area contributed by atoms with Crippen LogP contribution in [-0.4, -0.2) is 51.9 Å². The van der Waals surface area contributed by atoms with Crippen molar-refractivity contribution in [1.82, 2.24) is 15.5 Å². The summed E-state index contributed by atoms with van der Waals surface area (Å²) in [6.45, 7) is -0.0910. The Kier molecular flexibility index (Phi) is 5.16. The monoisotopic (exact) mass is 388 g/mol. The number of hydrogen-bond acceptors (Lipinski definition) is 7. The number of carbonyl (C=O) groups excluding carboxylic acids is 5. The third-order valence-electron chi connectivity index (χ3n) is 4.53. The zero-order chi connectivity index (χ0) is 20.4. The summed E-state index contributed by atoms with van der Waals surface area (Å²) in [6.07, 6.45) is 0.397. The molecule has 0 radical (unpaired) electrons. The molecule has 1 aromatic rings. The predicted octanol–water partition coefficient (Wildman–Crippen LogP) is -0.108. The standard InChI is InChI=1S/C17H16N4O7/c22-12(18-10-6-7-13(23)19-15(10)24)5-2-8-20-16(25)9-3-1-4-11(21(27)28)14(9)17(20)26/h1,3-4,10H,2,5-8H2,(H,18,22)(H,19,23,24). The Morgan fingerprint density at radius 2 is 2.00 bits per heavy atom. The maximum Gasteiger partial charge on any atom is 0.282 e. The average Bonchev–Trinajstić information content (AvgIpc) is 2.89. The Morgan fingerprint density at radius 3 is 2.68 bits per heavy atom. The number of hydrogen-bond donors (Lipinski definition) is 2. The Bertz CT molecular complexity index is 911. The van der Waals surface area contributed by atoms with Crippen molar-refractivity contribution in [3.8, 4) is 0 Å². The van der Waals surface area contributed by atoms with Crippen molar-refractivity contribution in [2.45, 2.75) is 31.7 Å². The van der Waals surface area contributed by atoms with Gasteiger partial charge in [-0.15, -0.1) is 0 Å². The summed E-state index contributed by atoms with van der Waals surface area (Å²) in [6, 6.07) is 3.03. The van der Waals surface area contributed by atoms with Crippen molar-refractivity contribution in [3.63, 3.8) is 0 Å². The lowest BCUT2D eigenvalue weighted by atomic mass is 10.1. The minimum absolute atomic E-state index is 0.0350. The molecule has 0 aliphatic carbocycles. The lowest BCUT2D eigenvalue weighted by molar-refractivity contribution is -0.385. The first-order valence-electron chi connectivity index (χ1n) is 8.56. The fraction of sp³-hybridized carbons (Fsp3) is 0.353. The van der Waals surface area contributed by atoms with Crippen LogP contribution in [0, 0.1) is 10.1 Å². The van der Waals surface area contributed by atoms with Crippen LogP contribution in [0.25, 0.3) is 0 Å². The molecule has 1 fully saturated rings. The number of nitro groups is 1. The molecular formula is C17H16N4O7. The number of nitrogens with zero attached hydrogens (tertiary/aromatic N) is 2. The molecule has 0 aromatic heterocycles. The Morgan fingerprint density at radius 1 is 1.25 bits per heavy atom. The van der Waals surface area contributed by atoms with Gasteiger partial charge >= 0.3 is 0 Å². The molecule has 28 heavy (non-hydrogen) atoms. The van der Waals surface area contributed by atoms with Crippen LogP contribution in [0.4, 0.5) is 5.69 Å². The van der Waals surface area contributed by atoms with E-state index in [0.717, 1.165) is 11.0 Å². The smallest absolute Gasteiger partial charge is 0.282 e. The van der Waals surface area contributed by atoms with E-state index in [4.69, 9.17) is 0 Å². The molecule has 5 amide bonds. The van der Waals surface area contributed by atoms with Gasteiger partial charge in [0.1, 0.15) is 11.6 Å². The van der Waals surface area contributed by atoms with Crippen LogP contribution in [0.5, 0.6) is 0 Å². The normalized spacial score (nSPS) is 18.7. The Balaban J connectivity index is 1.56. The van der Waals surface area contributed by atoms with E-state index in [2.05, 4.69) is 10.6 Å². The summed E-state index contributed by atoms with van der Waals surface area (Å²) < 4.78 is 0. The largest absolute Gasteiger partial charge is 0.344 e. The van der Waals surface area contributed by atoms with E-state index >= 15 is 0 Å². The highest BCUT2D eigenvalue weighted by Crippen LogP contribution is 2.30. The van der Waals surface area contributed by atoms with Crippen molar-refractivity contribution in [1.29, 1.82) is 0 Å². The molecule has 11 heteroatoms. The van der Waals surface area contributed by atoms with Gasteiger partial charge in [0.25, 0.3) is 17.5 Å². The molecule has 0 bridgehead atoms. The highest BCUT2D eigenvalue weighted by molar-refractivity contribution is 6.23. The summed E-state index contributed by atoms with van der Waals surface area (Å²) in [5.41, 5.74) is -0.716. The van der Waals surface area contributed by atoms with Crippen LogP contribution in [0.1, 0.15) is 46.4 Å². The van der Waals surface area contributed by atoms with E-state index in [1.807, 2.05) is 0 Å².